The molecule has 2 nitrogen and oxygen atoms in total. The van der Waals surface area contributed by atoms with Crippen molar-refractivity contribution >= 4 is 22.6 Å². The van der Waals surface area contributed by atoms with Gasteiger partial charge in [-0.15, -0.1) is 0 Å². The molecule has 0 unspecified atom stereocenters. The van der Waals surface area contributed by atoms with E-state index in [0.717, 1.165) is 6.20 Å². The Bertz CT molecular complexity index is 349. The molecule has 66 valence electrons. The lowest BCUT2D eigenvalue weighted by Crippen LogP contribution is -2.16. The van der Waals surface area contributed by atoms with Crippen molar-refractivity contribution in [3.8, 4) is 0 Å². The van der Waals surface area contributed by atoms with Gasteiger partial charge in [-0.2, -0.15) is 0 Å². The number of nitrogens with one attached hydrogen (secondary N) is 1. The van der Waals surface area contributed by atoms with Gasteiger partial charge in [0.15, 0.2) is 5.82 Å². The second-order valence-corrected chi connectivity index (χ2v) is 3.07. The molecular formula is C6H3F3INO. The van der Waals surface area contributed by atoms with Gasteiger partial charge in [0.1, 0.15) is 0 Å². The maximum absolute atomic E-state index is 12.4. The molecule has 1 heterocycles. The number of pyridine rings is 1. The Morgan fingerprint density at radius 3 is 2.50 bits per heavy atom. The average Bonchev–Trinajstić information content (AvgIpc) is 1.97. The van der Waals surface area contributed by atoms with Crippen LogP contribution in [0.2, 0.25) is 0 Å². The first-order valence-electron chi connectivity index (χ1n) is 2.88. The lowest BCUT2D eigenvalue weighted by molar-refractivity contribution is 0.148. The third-order valence-corrected chi connectivity index (χ3v) is 2.13. The van der Waals surface area contributed by atoms with Gasteiger partial charge in [0.2, 0.25) is 5.43 Å². The van der Waals surface area contributed by atoms with E-state index in [2.05, 4.69) is 4.98 Å². The molecule has 12 heavy (non-hydrogen) atoms. The summed E-state index contributed by atoms with van der Waals surface area (Å²) < 4.78 is 36.6. The van der Waals surface area contributed by atoms with Gasteiger partial charge in [0.25, 0.3) is 6.43 Å². The topological polar surface area (TPSA) is 32.9 Å². The summed E-state index contributed by atoms with van der Waals surface area (Å²) >= 11 is 1.52. The molecule has 0 bridgehead atoms. The zero-order valence-electron chi connectivity index (χ0n) is 5.57. The molecule has 0 amide bonds. The number of aromatic amines is 1. The Balaban J connectivity index is 3.44. The molecule has 0 spiro atoms. The Morgan fingerprint density at radius 2 is 2.08 bits per heavy atom. The minimum atomic E-state index is -2.95. The largest absolute Gasteiger partial charge is 0.353 e. The van der Waals surface area contributed by atoms with E-state index in [1.54, 1.807) is 0 Å². The lowest BCUT2D eigenvalue weighted by atomic mass is 10.3. The zero-order chi connectivity index (χ0) is 9.30. The van der Waals surface area contributed by atoms with Crippen LogP contribution >= 0.6 is 22.6 Å². The van der Waals surface area contributed by atoms with Crippen LogP contribution in [0.5, 0.6) is 0 Å². The minimum absolute atomic E-state index is 0.0333. The van der Waals surface area contributed by atoms with Gasteiger partial charge in [0, 0.05) is 6.20 Å². The van der Waals surface area contributed by atoms with Crippen LogP contribution in [0.3, 0.4) is 0 Å². The van der Waals surface area contributed by atoms with Gasteiger partial charge in [-0.1, -0.05) is 0 Å². The molecule has 0 aliphatic heterocycles. The number of aromatic nitrogens is 1. The molecule has 0 aromatic carbocycles. The fourth-order valence-corrected chi connectivity index (χ4v) is 1.33. The Kier molecular flexibility index (Phi) is 2.76. The van der Waals surface area contributed by atoms with E-state index in [-0.39, 0.29) is 3.70 Å². The van der Waals surface area contributed by atoms with E-state index in [1.807, 2.05) is 0 Å². The van der Waals surface area contributed by atoms with Gasteiger partial charge >= 0.3 is 0 Å². The van der Waals surface area contributed by atoms with Crippen LogP contribution in [0.15, 0.2) is 11.0 Å². The Hall–Kier alpha value is -0.530. The van der Waals surface area contributed by atoms with E-state index in [9.17, 15) is 18.0 Å². The van der Waals surface area contributed by atoms with E-state index < -0.39 is 23.2 Å². The Morgan fingerprint density at radius 1 is 1.50 bits per heavy atom. The minimum Gasteiger partial charge on any atom is -0.353 e. The van der Waals surface area contributed by atoms with Crippen LogP contribution in [0.25, 0.3) is 0 Å². The summed E-state index contributed by atoms with van der Waals surface area (Å²) in [6, 6.07) is 0. The van der Waals surface area contributed by atoms with Crippen molar-refractivity contribution in [2.75, 3.05) is 0 Å². The number of alkyl halides is 2. The molecule has 1 aromatic rings. The van der Waals surface area contributed by atoms with Crippen LogP contribution in [0, 0.1) is 9.52 Å². The van der Waals surface area contributed by atoms with Crippen LogP contribution in [-0.4, -0.2) is 4.98 Å². The zero-order valence-corrected chi connectivity index (χ0v) is 7.73. The summed E-state index contributed by atoms with van der Waals surface area (Å²) in [6.45, 7) is 0. The average molecular weight is 289 g/mol. The van der Waals surface area contributed by atoms with E-state index in [0.29, 0.717) is 0 Å². The summed E-state index contributed by atoms with van der Waals surface area (Å²) in [5.74, 6) is -1.19. The van der Waals surface area contributed by atoms with Crippen LogP contribution < -0.4 is 5.43 Å². The van der Waals surface area contributed by atoms with Gasteiger partial charge in [-0.25, -0.2) is 13.2 Å². The third kappa shape index (κ3) is 1.62. The highest BCUT2D eigenvalue weighted by molar-refractivity contribution is 14.1. The van der Waals surface area contributed by atoms with E-state index in [1.165, 1.54) is 22.6 Å². The summed E-state index contributed by atoms with van der Waals surface area (Å²) in [5, 5.41) is 0. The van der Waals surface area contributed by atoms with Gasteiger partial charge in [-0.3, -0.25) is 4.79 Å². The summed E-state index contributed by atoms with van der Waals surface area (Å²) in [6.07, 6.45) is -2.19. The van der Waals surface area contributed by atoms with Gasteiger partial charge in [-0.05, 0) is 22.6 Å². The maximum atomic E-state index is 12.4. The van der Waals surface area contributed by atoms with E-state index >= 15 is 0 Å². The highest BCUT2D eigenvalue weighted by Gasteiger charge is 2.18. The molecular weight excluding hydrogens is 286 g/mol. The number of halogens is 4. The molecule has 0 aliphatic carbocycles. The van der Waals surface area contributed by atoms with Crippen molar-refractivity contribution in [2.24, 2.45) is 0 Å². The highest BCUT2D eigenvalue weighted by Crippen LogP contribution is 2.19. The normalized spacial score (nSPS) is 10.8. The molecule has 0 saturated heterocycles. The molecule has 1 aromatic heterocycles. The third-order valence-electron chi connectivity index (χ3n) is 1.24. The first-order valence-corrected chi connectivity index (χ1v) is 3.96. The smallest absolute Gasteiger partial charge is 0.270 e. The molecule has 6 heteroatoms. The summed E-state index contributed by atoms with van der Waals surface area (Å²) in [5.41, 5.74) is -2.05. The second kappa shape index (κ2) is 3.46. The fourth-order valence-electron chi connectivity index (χ4n) is 0.693. The molecule has 1 N–H and O–H groups in total. The van der Waals surface area contributed by atoms with Crippen LogP contribution in [0.1, 0.15) is 12.0 Å². The van der Waals surface area contributed by atoms with Crippen molar-refractivity contribution in [3.63, 3.8) is 0 Å². The SMILES string of the molecule is O=c1c(F)c[nH]c(I)c1C(F)F. The number of hydrogen-bond acceptors (Lipinski definition) is 1. The van der Waals surface area contributed by atoms with Crippen molar-refractivity contribution < 1.29 is 13.2 Å². The fraction of sp³-hybridized carbons (Fsp3) is 0.167. The van der Waals surface area contributed by atoms with Crippen molar-refractivity contribution in [2.45, 2.75) is 6.43 Å². The molecule has 0 atom stereocenters. The van der Waals surface area contributed by atoms with Crippen LogP contribution in [0.4, 0.5) is 13.2 Å². The predicted octanol–water partition coefficient (Wildman–Crippen LogP) is 2.06. The van der Waals surface area contributed by atoms with Crippen molar-refractivity contribution in [3.05, 3.63) is 31.5 Å². The standard InChI is InChI=1S/C6H3F3INO/c7-2-1-11-6(10)3(4(2)12)5(8)9/h1,5H,(H,11,12). The van der Waals surface area contributed by atoms with Crippen LogP contribution in [-0.2, 0) is 0 Å². The first-order chi connectivity index (χ1) is 5.54. The first kappa shape index (κ1) is 9.56. The highest BCUT2D eigenvalue weighted by atomic mass is 127. The number of rotatable bonds is 1. The van der Waals surface area contributed by atoms with Gasteiger partial charge < -0.3 is 4.98 Å². The van der Waals surface area contributed by atoms with Gasteiger partial charge in [0.05, 0.1) is 9.26 Å². The van der Waals surface area contributed by atoms with E-state index in [4.69, 9.17) is 0 Å². The molecule has 0 aliphatic rings. The number of H-pyrrole nitrogens is 1. The monoisotopic (exact) mass is 289 g/mol. The van der Waals surface area contributed by atoms with Crippen molar-refractivity contribution in [1.29, 1.82) is 0 Å². The number of hydrogen-bond donors (Lipinski definition) is 1. The second-order valence-electron chi connectivity index (χ2n) is 1.99. The molecule has 0 radical (unpaired) electrons. The molecule has 0 saturated carbocycles. The molecule has 0 fully saturated rings. The Labute approximate surface area is 78.9 Å². The summed E-state index contributed by atoms with van der Waals surface area (Å²) in [4.78, 5) is 13.0. The predicted molar refractivity (Wildman–Crippen MR) is 44.7 cm³/mol. The van der Waals surface area contributed by atoms with Crippen molar-refractivity contribution in [1.82, 2.24) is 4.98 Å². The maximum Gasteiger partial charge on any atom is 0.270 e. The lowest BCUT2D eigenvalue weighted by Gasteiger charge is -2.00. The summed E-state index contributed by atoms with van der Waals surface area (Å²) in [7, 11) is 0. The molecule has 1 rings (SSSR count). The quantitative estimate of drug-likeness (QED) is 0.623.